The average Bonchev–Trinajstić information content (AvgIpc) is 2.98. The molecule has 0 spiro atoms. The normalized spacial score (nSPS) is 15.0. The minimum Gasteiger partial charge on any atom is -0.434 e. The van der Waals surface area contributed by atoms with Crippen molar-refractivity contribution in [3.05, 3.63) is 48.2 Å². The fourth-order valence-electron chi connectivity index (χ4n) is 2.92. The molecular weight excluding hydrogens is 252 g/mol. The molecule has 1 aliphatic carbocycles. The molecule has 0 heterocycles. The molecule has 0 aliphatic heterocycles. The number of hydrogen-bond donors (Lipinski definition) is 0. The van der Waals surface area contributed by atoms with Crippen LogP contribution in [0.5, 0.6) is 0 Å². The second kappa shape index (κ2) is 7.73. The van der Waals surface area contributed by atoms with Crippen molar-refractivity contribution < 1.29 is 14.3 Å². The summed E-state index contributed by atoms with van der Waals surface area (Å²) in [5.41, 5.74) is 2.87. The van der Waals surface area contributed by atoms with Crippen molar-refractivity contribution in [2.24, 2.45) is 0 Å². The Kier molecular flexibility index (Phi) is 5.66. The van der Waals surface area contributed by atoms with E-state index in [2.05, 4.69) is 35.6 Å². The highest BCUT2D eigenvalue weighted by Crippen LogP contribution is 2.35. The summed E-state index contributed by atoms with van der Waals surface area (Å²) >= 11 is 0. The molecule has 1 aromatic carbocycles. The molecule has 1 aliphatic rings. The third-order valence-electron chi connectivity index (χ3n) is 3.84. The molecule has 0 N–H and O–H groups in total. The van der Waals surface area contributed by atoms with Crippen LogP contribution < -0.4 is 0 Å². The van der Waals surface area contributed by atoms with Gasteiger partial charge in [0.15, 0.2) is 0 Å². The zero-order valence-corrected chi connectivity index (χ0v) is 11.8. The van der Waals surface area contributed by atoms with E-state index in [1.54, 1.807) is 0 Å². The SMILES string of the molecule is C=COC(=O)OCCCc1ccccc1C1CCCC1. The highest BCUT2D eigenvalue weighted by molar-refractivity contribution is 5.60. The predicted molar refractivity (Wildman–Crippen MR) is 78.6 cm³/mol. The van der Waals surface area contributed by atoms with Crippen molar-refractivity contribution in [2.45, 2.75) is 44.4 Å². The van der Waals surface area contributed by atoms with E-state index in [1.165, 1.54) is 36.8 Å². The van der Waals surface area contributed by atoms with Gasteiger partial charge in [0, 0.05) is 0 Å². The third-order valence-corrected chi connectivity index (χ3v) is 3.84. The number of benzene rings is 1. The first-order chi connectivity index (χ1) is 9.81. The molecule has 0 radical (unpaired) electrons. The third kappa shape index (κ3) is 4.12. The van der Waals surface area contributed by atoms with Gasteiger partial charge >= 0.3 is 6.16 Å². The largest absolute Gasteiger partial charge is 0.513 e. The second-order valence-electron chi connectivity index (χ2n) is 5.17. The van der Waals surface area contributed by atoms with E-state index in [0.717, 1.165) is 25.0 Å². The van der Waals surface area contributed by atoms with Gasteiger partial charge in [0.2, 0.25) is 0 Å². The molecule has 0 aromatic heterocycles. The Morgan fingerprint density at radius 2 is 2.05 bits per heavy atom. The minimum atomic E-state index is -0.677. The lowest BCUT2D eigenvalue weighted by Gasteiger charge is -2.15. The van der Waals surface area contributed by atoms with Gasteiger partial charge in [-0.2, -0.15) is 0 Å². The summed E-state index contributed by atoms with van der Waals surface area (Å²) in [5, 5.41) is 0. The number of rotatable bonds is 6. The molecule has 0 atom stereocenters. The number of ether oxygens (including phenoxy) is 2. The summed E-state index contributed by atoms with van der Waals surface area (Å²) in [4.78, 5) is 11.0. The number of aryl methyl sites for hydroxylation is 1. The Bertz CT molecular complexity index is 447. The minimum absolute atomic E-state index is 0.381. The molecule has 0 saturated heterocycles. The summed E-state index contributed by atoms with van der Waals surface area (Å²) < 4.78 is 9.44. The van der Waals surface area contributed by atoms with Crippen LogP contribution in [0, 0.1) is 0 Å². The molecular formula is C17H22O3. The number of carbonyl (C=O) groups excluding carboxylic acids is 1. The fraction of sp³-hybridized carbons (Fsp3) is 0.471. The quantitative estimate of drug-likeness (QED) is 0.433. The van der Waals surface area contributed by atoms with Crippen molar-refractivity contribution in [2.75, 3.05) is 6.61 Å². The van der Waals surface area contributed by atoms with E-state index in [4.69, 9.17) is 4.74 Å². The molecule has 0 bridgehead atoms. The second-order valence-corrected chi connectivity index (χ2v) is 5.17. The van der Waals surface area contributed by atoms with Crippen LogP contribution >= 0.6 is 0 Å². The van der Waals surface area contributed by atoms with Crippen LogP contribution in [0.25, 0.3) is 0 Å². The van der Waals surface area contributed by atoms with Gasteiger partial charge in [0.25, 0.3) is 0 Å². The predicted octanol–water partition coefficient (Wildman–Crippen LogP) is 4.57. The van der Waals surface area contributed by atoms with Gasteiger partial charge in [-0.1, -0.05) is 43.7 Å². The van der Waals surface area contributed by atoms with Crippen LogP contribution in [-0.2, 0) is 15.9 Å². The number of hydrogen-bond acceptors (Lipinski definition) is 3. The molecule has 2 rings (SSSR count). The fourth-order valence-corrected chi connectivity index (χ4v) is 2.92. The summed E-state index contributed by atoms with van der Waals surface area (Å²) in [6.07, 6.45) is 7.45. The van der Waals surface area contributed by atoms with Gasteiger partial charge < -0.3 is 9.47 Å². The lowest BCUT2D eigenvalue weighted by molar-refractivity contribution is 0.0840. The first-order valence-electron chi connectivity index (χ1n) is 7.33. The monoisotopic (exact) mass is 274 g/mol. The molecule has 1 saturated carbocycles. The molecule has 108 valence electrons. The smallest absolute Gasteiger partial charge is 0.434 e. The zero-order chi connectivity index (χ0) is 14.2. The van der Waals surface area contributed by atoms with E-state index in [9.17, 15) is 4.79 Å². The highest BCUT2D eigenvalue weighted by Gasteiger charge is 2.19. The van der Waals surface area contributed by atoms with Gasteiger partial charge in [-0.05, 0) is 42.7 Å². The first-order valence-corrected chi connectivity index (χ1v) is 7.33. The van der Waals surface area contributed by atoms with Crippen molar-refractivity contribution in [3.63, 3.8) is 0 Å². The Labute approximate surface area is 120 Å². The van der Waals surface area contributed by atoms with Gasteiger partial charge in [-0.3, -0.25) is 0 Å². The van der Waals surface area contributed by atoms with Crippen LogP contribution in [0.2, 0.25) is 0 Å². The first kappa shape index (κ1) is 14.6. The van der Waals surface area contributed by atoms with Gasteiger partial charge in [-0.15, -0.1) is 0 Å². The standard InChI is InChI=1S/C17H22O3/c1-2-19-17(18)20-13-7-11-15-10-5-6-12-16(15)14-8-3-4-9-14/h2,5-6,10,12,14H,1,3-4,7-9,11,13H2. The summed E-state index contributed by atoms with van der Waals surface area (Å²) in [5.74, 6) is 0.720. The average molecular weight is 274 g/mol. The van der Waals surface area contributed by atoms with E-state index in [-0.39, 0.29) is 0 Å². The lowest BCUT2D eigenvalue weighted by Crippen LogP contribution is -2.06. The van der Waals surface area contributed by atoms with Crippen LogP contribution in [-0.4, -0.2) is 12.8 Å². The van der Waals surface area contributed by atoms with Crippen LogP contribution in [0.3, 0.4) is 0 Å². The van der Waals surface area contributed by atoms with Crippen molar-refractivity contribution in [1.82, 2.24) is 0 Å². The molecule has 1 fully saturated rings. The van der Waals surface area contributed by atoms with Crippen molar-refractivity contribution >= 4 is 6.16 Å². The molecule has 0 unspecified atom stereocenters. The van der Waals surface area contributed by atoms with Gasteiger partial charge in [0.1, 0.15) is 0 Å². The van der Waals surface area contributed by atoms with E-state index < -0.39 is 6.16 Å². The summed E-state index contributed by atoms with van der Waals surface area (Å²) in [6.45, 7) is 3.69. The van der Waals surface area contributed by atoms with Crippen LogP contribution in [0.15, 0.2) is 37.1 Å². The van der Waals surface area contributed by atoms with Crippen molar-refractivity contribution in [1.29, 1.82) is 0 Å². The maximum absolute atomic E-state index is 11.0. The van der Waals surface area contributed by atoms with Gasteiger partial charge in [-0.25, -0.2) is 4.79 Å². The molecule has 20 heavy (non-hydrogen) atoms. The van der Waals surface area contributed by atoms with E-state index in [0.29, 0.717) is 6.61 Å². The zero-order valence-electron chi connectivity index (χ0n) is 11.8. The molecule has 3 heteroatoms. The van der Waals surface area contributed by atoms with Crippen LogP contribution in [0.1, 0.15) is 49.1 Å². The Hall–Kier alpha value is -1.77. The Balaban J connectivity index is 1.83. The van der Waals surface area contributed by atoms with E-state index >= 15 is 0 Å². The number of carbonyl (C=O) groups is 1. The topological polar surface area (TPSA) is 35.5 Å². The summed E-state index contributed by atoms with van der Waals surface area (Å²) in [7, 11) is 0. The maximum atomic E-state index is 11.0. The van der Waals surface area contributed by atoms with Crippen molar-refractivity contribution in [3.8, 4) is 0 Å². The Morgan fingerprint density at radius 3 is 2.80 bits per heavy atom. The maximum Gasteiger partial charge on any atom is 0.513 e. The summed E-state index contributed by atoms with van der Waals surface area (Å²) in [6, 6.07) is 8.64. The molecule has 3 nitrogen and oxygen atoms in total. The lowest BCUT2D eigenvalue weighted by atomic mass is 9.91. The molecule has 0 amide bonds. The van der Waals surface area contributed by atoms with Crippen LogP contribution in [0.4, 0.5) is 4.79 Å². The van der Waals surface area contributed by atoms with Gasteiger partial charge in [0.05, 0.1) is 12.9 Å². The highest BCUT2D eigenvalue weighted by atomic mass is 16.7. The Morgan fingerprint density at radius 1 is 1.30 bits per heavy atom. The molecule has 1 aromatic rings. The van der Waals surface area contributed by atoms with E-state index in [1.807, 2.05) is 0 Å².